The highest BCUT2D eigenvalue weighted by atomic mass is 16.5. The summed E-state index contributed by atoms with van der Waals surface area (Å²) in [5.41, 5.74) is 0.848. The molecule has 4 rings (SSSR count). The van der Waals surface area contributed by atoms with Crippen LogP contribution in [0.1, 0.15) is 23.4 Å². The first kappa shape index (κ1) is 15.3. The van der Waals surface area contributed by atoms with Gasteiger partial charge in [0.25, 0.3) is 5.91 Å². The van der Waals surface area contributed by atoms with Gasteiger partial charge in [-0.1, -0.05) is 12.1 Å². The number of para-hydroxylation sites is 1. The lowest BCUT2D eigenvalue weighted by atomic mass is 9.97. The van der Waals surface area contributed by atoms with Crippen molar-refractivity contribution < 1.29 is 13.9 Å². The van der Waals surface area contributed by atoms with E-state index in [9.17, 15) is 4.79 Å². The molecule has 2 saturated heterocycles. The molecule has 2 fully saturated rings. The van der Waals surface area contributed by atoms with Crippen LogP contribution in [0.2, 0.25) is 0 Å². The van der Waals surface area contributed by atoms with E-state index in [-0.39, 0.29) is 11.9 Å². The van der Waals surface area contributed by atoms with Crippen LogP contribution in [0.3, 0.4) is 0 Å². The maximum atomic E-state index is 12.5. The second kappa shape index (κ2) is 6.32. The number of hydrogen-bond acceptors (Lipinski definition) is 4. The fourth-order valence-corrected chi connectivity index (χ4v) is 3.87. The van der Waals surface area contributed by atoms with Gasteiger partial charge in [0.15, 0.2) is 5.76 Å². The number of carbonyl (C=O) groups is 1. The molecule has 3 heterocycles. The van der Waals surface area contributed by atoms with Crippen molar-refractivity contribution in [3.05, 3.63) is 42.2 Å². The molecule has 2 aromatic rings. The standard InChI is InChI=1S/C19H22N2O3/c1-23-16-5-3-2-4-15(16)17-6-7-18(24-17)19(22)20-14-10-13-8-9-21(11-13)12-14/h2-7,13-14H,8-12H2,1H3,(H,20,22)/t13-,14+/m0/s1. The number of amides is 1. The third-order valence-corrected chi connectivity index (χ3v) is 5.00. The number of methoxy groups -OCH3 is 1. The minimum Gasteiger partial charge on any atom is -0.496 e. The number of benzene rings is 1. The third-order valence-electron chi connectivity index (χ3n) is 5.00. The Labute approximate surface area is 141 Å². The van der Waals surface area contributed by atoms with E-state index in [0.717, 1.165) is 36.7 Å². The summed E-state index contributed by atoms with van der Waals surface area (Å²) in [5, 5.41) is 3.12. The van der Waals surface area contributed by atoms with Crippen molar-refractivity contribution in [1.82, 2.24) is 10.2 Å². The van der Waals surface area contributed by atoms with Gasteiger partial charge in [-0.15, -0.1) is 0 Å². The van der Waals surface area contributed by atoms with Crippen LogP contribution in [-0.2, 0) is 0 Å². The van der Waals surface area contributed by atoms with Crippen LogP contribution >= 0.6 is 0 Å². The molecule has 1 N–H and O–H groups in total. The van der Waals surface area contributed by atoms with Crippen molar-refractivity contribution in [3.63, 3.8) is 0 Å². The number of ether oxygens (including phenoxy) is 1. The SMILES string of the molecule is COc1ccccc1-c1ccc(C(=O)N[C@@H]2C[C@@H]3CCN(C3)C2)o1. The number of carbonyl (C=O) groups excluding carboxylic acids is 1. The molecule has 1 amide bonds. The Hall–Kier alpha value is -2.27. The van der Waals surface area contributed by atoms with E-state index in [2.05, 4.69) is 10.2 Å². The van der Waals surface area contributed by atoms with Crippen molar-refractivity contribution in [3.8, 4) is 17.1 Å². The summed E-state index contributed by atoms with van der Waals surface area (Å²) in [5.74, 6) is 2.32. The fourth-order valence-electron chi connectivity index (χ4n) is 3.87. The molecule has 1 aromatic carbocycles. The Balaban J connectivity index is 1.47. The molecule has 0 spiro atoms. The van der Waals surface area contributed by atoms with E-state index >= 15 is 0 Å². The molecule has 0 radical (unpaired) electrons. The van der Waals surface area contributed by atoms with Crippen molar-refractivity contribution in [2.24, 2.45) is 5.92 Å². The lowest BCUT2D eigenvalue weighted by Gasteiger charge is -2.30. The average molecular weight is 326 g/mol. The Bertz CT molecular complexity index is 728. The minimum absolute atomic E-state index is 0.136. The summed E-state index contributed by atoms with van der Waals surface area (Å²) >= 11 is 0. The monoisotopic (exact) mass is 326 g/mol. The van der Waals surface area contributed by atoms with Gasteiger partial charge < -0.3 is 19.4 Å². The molecule has 2 aliphatic heterocycles. The Morgan fingerprint density at radius 3 is 2.96 bits per heavy atom. The molecular weight excluding hydrogens is 304 g/mol. The number of nitrogens with one attached hydrogen (secondary N) is 1. The quantitative estimate of drug-likeness (QED) is 0.939. The van der Waals surface area contributed by atoms with Crippen molar-refractivity contribution in [2.45, 2.75) is 18.9 Å². The molecule has 126 valence electrons. The number of hydrogen-bond donors (Lipinski definition) is 1. The first-order valence-electron chi connectivity index (χ1n) is 8.49. The first-order valence-corrected chi connectivity index (χ1v) is 8.49. The fraction of sp³-hybridized carbons (Fsp3) is 0.421. The maximum absolute atomic E-state index is 12.5. The lowest BCUT2D eigenvalue weighted by Crippen LogP contribution is -2.46. The predicted molar refractivity (Wildman–Crippen MR) is 91.1 cm³/mol. The molecule has 2 bridgehead atoms. The van der Waals surface area contributed by atoms with E-state index in [1.807, 2.05) is 30.3 Å². The molecule has 2 aliphatic rings. The summed E-state index contributed by atoms with van der Waals surface area (Å²) in [6.45, 7) is 3.29. The van der Waals surface area contributed by atoms with Crippen LogP contribution in [0.15, 0.2) is 40.8 Å². The van der Waals surface area contributed by atoms with Gasteiger partial charge in [0.2, 0.25) is 0 Å². The summed E-state index contributed by atoms with van der Waals surface area (Å²) in [6.07, 6.45) is 2.33. The van der Waals surface area contributed by atoms with Crippen LogP contribution in [0.4, 0.5) is 0 Å². The van der Waals surface area contributed by atoms with Crippen LogP contribution < -0.4 is 10.1 Å². The van der Waals surface area contributed by atoms with Gasteiger partial charge >= 0.3 is 0 Å². The molecule has 1 aromatic heterocycles. The maximum Gasteiger partial charge on any atom is 0.287 e. The van der Waals surface area contributed by atoms with E-state index in [0.29, 0.717) is 11.5 Å². The summed E-state index contributed by atoms with van der Waals surface area (Å²) in [6, 6.07) is 11.4. The highest BCUT2D eigenvalue weighted by molar-refractivity contribution is 5.92. The molecular formula is C19H22N2O3. The van der Waals surface area contributed by atoms with E-state index < -0.39 is 0 Å². The number of furan rings is 1. The van der Waals surface area contributed by atoms with E-state index in [4.69, 9.17) is 9.15 Å². The molecule has 5 heteroatoms. The number of rotatable bonds is 4. The molecule has 0 aliphatic carbocycles. The molecule has 24 heavy (non-hydrogen) atoms. The zero-order valence-electron chi connectivity index (χ0n) is 13.8. The van der Waals surface area contributed by atoms with Crippen LogP contribution in [0.25, 0.3) is 11.3 Å². The Morgan fingerprint density at radius 2 is 2.12 bits per heavy atom. The predicted octanol–water partition coefficient (Wildman–Crippen LogP) is 2.78. The van der Waals surface area contributed by atoms with Gasteiger partial charge in [0, 0.05) is 19.1 Å². The van der Waals surface area contributed by atoms with Crippen molar-refractivity contribution in [2.75, 3.05) is 26.7 Å². The van der Waals surface area contributed by atoms with Crippen LogP contribution in [0, 0.1) is 5.92 Å². The second-order valence-electron chi connectivity index (χ2n) is 6.68. The highest BCUT2D eigenvalue weighted by Crippen LogP contribution is 2.31. The van der Waals surface area contributed by atoms with Crippen molar-refractivity contribution >= 4 is 5.91 Å². The summed E-state index contributed by atoms with van der Waals surface area (Å²) in [4.78, 5) is 14.9. The van der Waals surface area contributed by atoms with Gasteiger partial charge in [0.05, 0.1) is 12.7 Å². The van der Waals surface area contributed by atoms with Gasteiger partial charge in [0.1, 0.15) is 11.5 Å². The molecule has 3 atom stereocenters. The van der Waals surface area contributed by atoms with Crippen LogP contribution in [-0.4, -0.2) is 43.6 Å². The normalized spacial score (nSPS) is 25.5. The molecule has 1 unspecified atom stereocenters. The first-order chi connectivity index (χ1) is 11.7. The third kappa shape index (κ3) is 2.91. The second-order valence-corrected chi connectivity index (χ2v) is 6.68. The van der Waals surface area contributed by atoms with Gasteiger partial charge in [-0.05, 0) is 49.6 Å². The minimum atomic E-state index is -0.136. The number of piperidine rings is 1. The summed E-state index contributed by atoms with van der Waals surface area (Å²) < 4.78 is 11.1. The van der Waals surface area contributed by atoms with Gasteiger partial charge in [-0.3, -0.25) is 4.79 Å². The zero-order valence-corrected chi connectivity index (χ0v) is 13.8. The van der Waals surface area contributed by atoms with Gasteiger partial charge in [-0.25, -0.2) is 0 Å². The van der Waals surface area contributed by atoms with Gasteiger partial charge in [-0.2, -0.15) is 0 Å². The van der Waals surface area contributed by atoms with E-state index in [1.165, 1.54) is 13.0 Å². The van der Waals surface area contributed by atoms with Crippen molar-refractivity contribution in [1.29, 1.82) is 0 Å². The molecule has 5 nitrogen and oxygen atoms in total. The van der Waals surface area contributed by atoms with E-state index in [1.54, 1.807) is 13.2 Å². The summed E-state index contributed by atoms with van der Waals surface area (Å²) in [7, 11) is 1.63. The van der Waals surface area contributed by atoms with Crippen LogP contribution in [0.5, 0.6) is 5.75 Å². The Morgan fingerprint density at radius 1 is 1.25 bits per heavy atom. The largest absolute Gasteiger partial charge is 0.496 e. The highest BCUT2D eigenvalue weighted by Gasteiger charge is 2.33. The number of nitrogens with zero attached hydrogens (tertiary/aromatic N) is 1. The zero-order chi connectivity index (χ0) is 16.5. The smallest absolute Gasteiger partial charge is 0.287 e. The lowest BCUT2D eigenvalue weighted by molar-refractivity contribution is 0.0882. The topological polar surface area (TPSA) is 54.7 Å². The molecule has 0 saturated carbocycles. The average Bonchev–Trinajstić information content (AvgIpc) is 3.22. The number of fused-ring (bicyclic) bond motifs is 2. The Kier molecular flexibility index (Phi) is 4.02.